The summed E-state index contributed by atoms with van der Waals surface area (Å²) in [7, 11) is 0. The Hall–Kier alpha value is -1.09. The van der Waals surface area contributed by atoms with Gasteiger partial charge in [0.15, 0.2) is 0 Å². The lowest BCUT2D eigenvalue weighted by Crippen LogP contribution is -2.03. The number of aliphatic hydroxyl groups is 1. The van der Waals surface area contributed by atoms with Crippen LogP contribution in [0.15, 0.2) is 12.3 Å². The number of nitrogens with zero attached hydrogens (tertiary/aromatic N) is 1. The molecule has 0 aliphatic rings. The van der Waals surface area contributed by atoms with E-state index in [1.54, 1.807) is 6.20 Å². The lowest BCUT2D eigenvalue weighted by atomic mass is 10.1. The van der Waals surface area contributed by atoms with Crippen molar-refractivity contribution in [2.24, 2.45) is 5.92 Å². The summed E-state index contributed by atoms with van der Waals surface area (Å²) in [6.07, 6.45) is 3.88. The molecular formula is C13H21NO2. The minimum atomic E-state index is -0.0210. The van der Waals surface area contributed by atoms with Gasteiger partial charge in [-0.15, -0.1) is 0 Å². The van der Waals surface area contributed by atoms with Crippen LogP contribution in [0.3, 0.4) is 0 Å². The second-order valence-corrected chi connectivity index (χ2v) is 4.48. The van der Waals surface area contributed by atoms with Crippen molar-refractivity contribution in [2.75, 3.05) is 6.61 Å². The number of aryl methyl sites for hydroxylation is 1. The fraction of sp³-hybridized carbons (Fsp3) is 0.615. The van der Waals surface area contributed by atoms with Crippen LogP contribution in [0.1, 0.15) is 37.9 Å². The van der Waals surface area contributed by atoms with Crippen LogP contribution >= 0.6 is 0 Å². The first-order valence-electron chi connectivity index (χ1n) is 5.82. The fourth-order valence-corrected chi connectivity index (χ4v) is 1.49. The van der Waals surface area contributed by atoms with Gasteiger partial charge in [-0.2, -0.15) is 0 Å². The largest absolute Gasteiger partial charge is 0.493 e. The number of pyridine rings is 1. The third-order valence-electron chi connectivity index (χ3n) is 2.43. The third kappa shape index (κ3) is 4.19. The van der Waals surface area contributed by atoms with Gasteiger partial charge in [0, 0.05) is 23.5 Å². The van der Waals surface area contributed by atoms with Gasteiger partial charge in [0.05, 0.1) is 13.2 Å². The van der Waals surface area contributed by atoms with Crippen molar-refractivity contribution in [3.63, 3.8) is 0 Å². The predicted octanol–water partition coefficient (Wildman–Crippen LogP) is 2.70. The highest BCUT2D eigenvalue weighted by Crippen LogP contribution is 2.19. The van der Waals surface area contributed by atoms with Gasteiger partial charge in [-0.1, -0.05) is 13.8 Å². The van der Waals surface area contributed by atoms with E-state index in [1.807, 2.05) is 13.0 Å². The lowest BCUT2D eigenvalue weighted by molar-refractivity contribution is 0.257. The van der Waals surface area contributed by atoms with E-state index in [2.05, 4.69) is 18.8 Å². The van der Waals surface area contributed by atoms with Crippen LogP contribution in [0, 0.1) is 12.8 Å². The van der Waals surface area contributed by atoms with Gasteiger partial charge in [-0.3, -0.25) is 4.98 Å². The molecule has 0 bridgehead atoms. The first-order chi connectivity index (χ1) is 7.63. The summed E-state index contributed by atoms with van der Waals surface area (Å²) >= 11 is 0. The quantitative estimate of drug-likeness (QED) is 0.754. The Morgan fingerprint density at radius 3 is 2.81 bits per heavy atom. The molecule has 1 rings (SSSR count). The molecule has 0 spiro atoms. The van der Waals surface area contributed by atoms with Gasteiger partial charge in [0.1, 0.15) is 5.75 Å². The molecule has 90 valence electrons. The standard InChI is InChI=1S/C13H21NO2/c1-10(2)5-4-6-16-13-7-11(3)14-8-12(13)9-15/h7-8,10,15H,4-6,9H2,1-3H3. The molecule has 1 heterocycles. The van der Waals surface area contributed by atoms with Gasteiger partial charge in [-0.05, 0) is 25.7 Å². The molecule has 0 aromatic carbocycles. The van der Waals surface area contributed by atoms with Crippen LogP contribution in [0.25, 0.3) is 0 Å². The van der Waals surface area contributed by atoms with E-state index in [0.717, 1.165) is 23.4 Å². The van der Waals surface area contributed by atoms with Gasteiger partial charge in [-0.25, -0.2) is 0 Å². The Labute approximate surface area is 97.5 Å². The van der Waals surface area contributed by atoms with Crippen molar-refractivity contribution in [3.8, 4) is 5.75 Å². The fourth-order valence-electron chi connectivity index (χ4n) is 1.49. The molecule has 0 amide bonds. The molecule has 0 fully saturated rings. The van der Waals surface area contributed by atoms with E-state index < -0.39 is 0 Å². The average molecular weight is 223 g/mol. The zero-order chi connectivity index (χ0) is 12.0. The van der Waals surface area contributed by atoms with Gasteiger partial charge in [0.25, 0.3) is 0 Å². The molecule has 3 nitrogen and oxygen atoms in total. The molecule has 1 aromatic heterocycles. The Kier molecular flexibility index (Phi) is 5.26. The van der Waals surface area contributed by atoms with Crippen molar-refractivity contribution in [1.82, 2.24) is 4.98 Å². The lowest BCUT2D eigenvalue weighted by Gasteiger charge is -2.11. The molecular weight excluding hydrogens is 202 g/mol. The maximum Gasteiger partial charge on any atom is 0.128 e. The topological polar surface area (TPSA) is 42.4 Å². The summed E-state index contributed by atoms with van der Waals surface area (Å²) in [5, 5.41) is 9.13. The van der Waals surface area contributed by atoms with Crippen LogP contribution in [0.4, 0.5) is 0 Å². The molecule has 3 heteroatoms. The summed E-state index contributed by atoms with van der Waals surface area (Å²) in [4.78, 5) is 4.13. The van der Waals surface area contributed by atoms with Crippen molar-refractivity contribution in [2.45, 2.75) is 40.2 Å². The Morgan fingerprint density at radius 1 is 1.44 bits per heavy atom. The average Bonchev–Trinajstić information content (AvgIpc) is 2.24. The number of rotatable bonds is 6. The molecule has 0 aliphatic heterocycles. The number of hydrogen-bond acceptors (Lipinski definition) is 3. The smallest absolute Gasteiger partial charge is 0.128 e. The molecule has 0 atom stereocenters. The first kappa shape index (κ1) is 13.0. The summed E-state index contributed by atoms with van der Waals surface area (Å²) in [6, 6.07) is 1.88. The molecule has 0 aliphatic carbocycles. The van der Waals surface area contributed by atoms with Crippen molar-refractivity contribution < 1.29 is 9.84 Å². The van der Waals surface area contributed by atoms with E-state index in [-0.39, 0.29) is 6.61 Å². The van der Waals surface area contributed by atoms with Crippen LogP contribution in [-0.4, -0.2) is 16.7 Å². The van der Waals surface area contributed by atoms with E-state index in [0.29, 0.717) is 12.5 Å². The second kappa shape index (κ2) is 6.48. The van der Waals surface area contributed by atoms with E-state index in [1.165, 1.54) is 6.42 Å². The van der Waals surface area contributed by atoms with Crippen molar-refractivity contribution in [1.29, 1.82) is 0 Å². The molecule has 1 aromatic rings. The summed E-state index contributed by atoms with van der Waals surface area (Å²) in [5.41, 5.74) is 1.67. The van der Waals surface area contributed by atoms with Crippen LogP contribution in [-0.2, 0) is 6.61 Å². The van der Waals surface area contributed by atoms with Crippen molar-refractivity contribution in [3.05, 3.63) is 23.5 Å². The molecule has 0 unspecified atom stereocenters. The molecule has 1 N–H and O–H groups in total. The highest BCUT2D eigenvalue weighted by Gasteiger charge is 2.04. The normalized spacial score (nSPS) is 10.8. The Morgan fingerprint density at radius 2 is 2.19 bits per heavy atom. The van der Waals surface area contributed by atoms with Crippen LogP contribution in [0.5, 0.6) is 5.75 Å². The number of hydrogen-bond donors (Lipinski definition) is 1. The first-order valence-corrected chi connectivity index (χ1v) is 5.82. The van der Waals surface area contributed by atoms with E-state index >= 15 is 0 Å². The van der Waals surface area contributed by atoms with Gasteiger partial charge in [0.2, 0.25) is 0 Å². The van der Waals surface area contributed by atoms with Crippen LogP contribution < -0.4 is 4.74 Å². The summed E-state index contributed by atoms with van der Waals surface area (Å²) in [5.74, 6) is 1.47. The summed E-state index contributed by atoms with van der Waals surface area (Å²) < 4.78 is 5.66. The van der Waals surface area contributed by atoms with Gasteiger partial charge < -0.3 is 9.84 Å². The SMILES string of the molecule is Cc1cc(OCCCC(C)C)c(CO)cn1. The highest BCUT2D eigenvalue weighted by atomic mass is 16.5. The maximum absolute atomic E-state index is 9.13. The number of aliphatic hydroxyl groups excluding tert-OH is 1. The molecule has 16 heavy (non-hydrogen) atoms. The van der Waals surface area contributed by atoms with Crippen LogP contribution in [0.2, 0.25) is 0 Å². The monoisotopic (exact) mass is 223 g/mol. The molecule has 0 saturated heterocycles. The Balaban J connectivity index is 2.48. The second-order valence-electron chi connectivity index (χ2n) is 4.48. The van der Waals surface area contributed by atoms with E-state index in [4.69, 9.17) is 9.84 Å². The number of aromatic nitrogens is 1. The minimum Gasteiger partial charge on any atom is -0.493 e. The van der Waals surface area contributed by atoms with Gasteiger partial charge >= 0.3 is 0 Å². The zero-order valence-corrected chi connectivity index (χ0v) is 10.4. The molecule has 0 radical (unpaired) electrons. The third-order valence-corrected chi connectivity index (χ3v) is 2.43. The predicted molar refractivity (Wildman–Crippen MR) is 64.5 cm³/mol. The minimum absolute atomic E-state index is 0.0210. The van der Waals surface area contributed by atoms with Crippen molar-refractivity contribution >= 4 is 0 Å². The maximum atomic E-state index is 9.13. The molecule has 0 saturated carbocycles. The Bertz CT molecular complexity index is 324. The number of ether oxygens (including phenoxy) is 1. The van der Waals surface area contributed by atoms with E-state index in [9.17, 15) is 0 Å². The highest BCUT2D eigenvalue weighted by molar-refractivity contribution is 5.32. The summed E-state index contributed by atoms with van der Waals surface area (Å²) in [6.45, 7) is 7.01. The zero-order valence-electron chi connectivity index (χ0n) is 10.4.